The standard InChI is InChI=1S/C24H28N2O2/c1-26-21-14-7-6-13-20(21)22(23(26)17-9-4-3-5-10-17)19(16-28-2)15-25-24(27)18-11-8-12-18/h3-7,9-10,13-14,18-19H,8,11-12,15-16H2,1-2H3,(H,25,27). The Morgan fingerprint density at radius 3 is 2.54 bits per heavy atom. The predicted molar refractivity (Wildman–Crippen MR) is 113 cm³/mol. The Morgan fingerprint density at radius 2 is 1.86 bits per heavy atom. The van der Waals surface area contributed by atoms with Gasteiger partial charge in [-0.25, -0.2) is 0 Å². The van der Waals surface area contributed by atoms with Crippen LogP contribution in [0.15, 0.2) is 54.6 Å². The Morgan fingerprint density at radius 1 is 1.14 bits per heavy atom. The highest BCUT2D eigenvalue weighted by molar-refractivity contribution is 5.92. The normalized spacial score (nSPS) is 15.4. The van der Waals surface area contributed by atoms with Crippen molar-refractivity contribution in [2.45, 2.75) is 25.2 Å². The largest absolute Gasteiger partial charge is 0.384 e. The van der Waals surface area contributed by atoms with Crippen LogP contribution in [0.5, 0.6) is 0 Å². The van der Waals surface area contributed by atoms with Crippen molar-refractivity contribution in [1.29, 1.82) is 0 Å². The fraction of sp³-hybridized carbons (Fsp3) is 0.375. The molecule has 1 amide bonds. The number of benzene rings is 2. The Balaban J connectivity index is 1.76. The lowest BCUT2D eigenvalue weighted by molar-refractivity contribution is -0.127. The number of hydrogen-bond acceptors (Lipinski definition) is 2. The smallest absolute Gasteiger partial charge is 0.223 e. The van der Waals surface area contributed by atoms with Gasteiger partial charge < -0.3 is 14.6 Å². The van der Waals surface area contributed by atoms with Gasteiger partial charge in [-0.05, 0) is 30.0 Å². The van der Waals surface area contributed by atoms with Crippen LogP contribution in [0.1, 0.15) is 30.7 Å². The second kappa shape index (κ2) is 8.19. The molecule has 3 aromatic rings. The molecule has 1 aliphatic carbocycles. The molecule has 1 fully saturated rings. The number of hydrogen-bond donors (Lipinski definition) is 1. The predicted octanol–water partition coefficient (Wildman–Crippen LogP) is 4.49. The van der Waals surface area contributed by atoms with Crippen molar-refractivity contribution in [3.63, 3.8) is 0 Å². The maximum atomic E-state index is 12.4. The number of para-hydroxylation sites is 1. The summed E-state index contributed by atoms with van der Waals surface area (Å²) in [6, 6.07) is 19.0. The van der Waals surface area contributed by atoms with Gasteiger partial charge in [0.1, 0.15) is 0 Å². The van der Waals surface area contributed by atoms with E-state index in [2.05, 4.69) is 65.5 Å². The number of amides is 1. The molecular weight excluding hydrogens is 348 g/mol. The van der Waals surface area contributed by atoms with Gasteiger partial charge in [0, 0.05) is 43.4 Å². The molecule has 4 heteroatoms. The van der Waals surface area contributed by atoms with E-state index in [0.717, 1.165) is 12.8 Å². The Labute approximate surface area is 166 Å². The summed E-state index contributed by atoms with van der Waals surface area (Å²) in [4.78, 5) is 12.4. The number of ether oxygens (including phenoxy) is 1. The summed E-state index contributed by atoms with van der Waals surface area (Å²) < 4.78 is 7.84. The number of nitrogens with zero attached hydrogens (tertiary/aromatic N) is 1. The highest BCUT2D eigenvalue weighted by Crippen LogP contribution is 2.38. The van der Waals surface area contributed by atoms with Crippen LogP contribution in [-0.4, -0.2) is 30.7 Å². The van der Waals surface area contributed by atoms with Gasteiger partial charge in [-0.3, -0.25) is 4.79 Å². The minimum Gasteiger partial charge on any atom is -0.384 e. The fourth-order valence-electron chi connectivity index (χ4n) is 4.27. The van der Waals surface area contributed by atoms with E-state index in [-0.39, 0.29) is 17.7 Å². The molecular formula is C24H28N2O2. The molecule has 146 valence electrons. The minimum atomic E-state index is 0.0929. The van der Waals surface area contributed by atoms with Gasteiger partial charge in [-0.1, -0.05) is 55.0 Å². The molecule has 1 heterocycles. The molecule has 1 atom stereocenters. The van der Waals surface area contributed by atoms with E-state index >= 15 is 0 Å². The zero-order valence-corrected chi connectivity index (χ0v) is 16.7. The van der Waals surface area contributed by atoms with E-state index in [4.69, 9.17) is 4.74 Å². The van der Waals surface area contributed by atoms with Crippen LogP contribution in [0.4, 0.5) is 0 Å². The molecule has 2 aromatic carbocycles. The topological polar surface area (TPSA) is 43.3 Å². The molecule has 0 bridgehead atoms. The Hall–Kier alpha value is -2.59. The van der Waals surface area contributed by atoms with Crippen LogP contribution in [0.3, 0.4) is 0 Å². The maximum absolute atomic E-state index is 12.4. The van der Waals surface area contributed by atoms with Gasteiger partial charge in [0.05, 0.1) is 12.3 Å². The number of aryl methyl sites for hydroxylation is 1. The highest BCUT2D eigenvalue weighted by atomic mass is 16.5. The molecule has 1 aliphatic rings. The lowest BCUT2D eigenvalue weighted by atomic mass is 9.84. The molecule has 0 saturated heterocycles. The average Bonchev–Trinajstić information content (AvgIpc) is 2.97. The zero-order chi connectivity index (χ0) is 19.5. The average molecular weight is 377 g/mol. The Kier molecular flexibility index (Phi) is 5.49. The van der Waals surface area contributed by atoms with Crippen molar-refractivity contribution >= 4 is 16.8 Å². The third kappa shape index (κ3) is 3.45. The van der Waals surface area contributed by atoms with Crippen molar-refractivity contribution < 1.29 is 9.53 Å². The van der Waals surface area contributed by atoms with E-state index in [1.54, 1.807) is 7.11 Å². The number of aromatic nitrogens is 1. The van der Waals surface area contributed by atoms with Gasteiger partial charge in [0.15, 0.2) is 0 Å². The van der Waals surface area contributed by atoms with Gasteiger partial charge in [0.2, 0.25) is 5.91 Å². The van der Waals surface area contributed by atoms with Crippen molar-refractivity contribution in [3.05, 3.63) is 60.2 Å². The molecule has 1 unspecified atom stereocenters. The summed E-state index contributed by atoms with van der Waals surface area (Å²) >= 11 is 0. The second-order valence-electron chi connectivity index (χ2n) is 7.73. The van der Waals surface area contributed by atoms with E-state index in [1.807, 2.05) is 6.07 Å². The highest BCUT2D eigenvalue weighted by Gasteiger charge is 2.28. The fourth-order valence-corrected chi connectivity index (χ4v) is 4.27. The number of carbonyl (C=O) groups is 1. The van der Waals surface area contributed by atoms with Gasteiger partial charge >= 0.3 is 0 Å². The molecule has 0 radical (unpaired) electrons. The summed E-state index contributed by atoms with van der Waals surface area (Å²) in [7, 11) is 3.85. The van der Waals surface area contributed by atoms with Crippen molar-refractivity contribution in [2.75, 3.05) is 20.3 Å². The van der Waals surface area contributed by atoms with E-state index < -0.39 is 0 Å². The molecule has 0 spiro atoms. The molecule has 4 nitrogen and oxygen atoms in total. The quantitative estimate of drug-likeness (QED) is 0.660. The van der Waals surface area contributed by atoms with Crippen LogP contribution in [0.25, 0.3) is 22.2 Å². The van der Waals surface area contributed by atoms with E-state index in [0.29, 0.717) is 13.2 Å². The van der Waals surface area contributed by atoms with Crippen molar-refractivity contribution in [2.24, 2.45) is 13.0 Å². The molecule has 0 aliphatic heterocycles. The number of methoxy groups -OCH3 is 1. The number of nitrogens with one attached hydrogen (secondary N) is 1. The molecule has 4 rings (SSSR count). The number of fused-ring (bicyclic) bond motifs is 1. The molecule has 28 heavy (non-hydrogen) atoms. The van der Waals surface area contributed by atoms with Crippen molar-refractivity contribution in [3.8, 4) is 11.3 Å². The SMILES string of the molecule is COCC(CNC(=O)C1CCC1)c1c(-c2ccccc2)n(C)c2ccccc12. The summed E-state index contributed by atoms with van der Waals surface area (Å²) in [6.07, 6.45) is 3.20. The van der Waals surface area contributed by atoms with Crippen LogP contribution < -0.4 is 5.32 Å². The number of carbonyl (C=O) groups excluding carboxylic acids is 1. The molecule has 1 saturated carbocycles. The Bertz CT molecular complexity index is 957. The van der Waals surface area contributed by atoms with E-state index in [9.17, 15) is 4.79 Å². The first-order valence-corrected chi connectivity index (χ1v) is 10.1. The summed E-state index contributed by atoms with van der Waals surface area (Å²) in [6.45, 7) is 1.16. The monoisotopic (exact) mass is 376 g/mol. The first-order chi connectivity index (χ1) is 13.7. The third-order valence-corrected chi connectivity index (χ3v) is 5.97. The lowest BCUT2D eigenvalue weighted by Crippen LogP contribution is -2.37. The van der Waals surface area contributed by atoms with Gasteiger partial charge in [-0.15, -0.1) is 0 Å². The maximum Gasteiger partial charge on any atom is 0.223 e. The third-order valence-electron chi connectivity index (χ3n) is 5.97. The minimum absolute atomic E-state index is 0.0929. The first kappa shape index (κ1) is 18.8. The lowest BCUT2D eigenvalue weighted by Gasteiger charge is -2.26. The zero-order valence-electron chi connectivity index (χ0n) is 16.7. The van der Waals surface area contributed by atoms with Crippen LogP contribution in [0.2, 0.25) is 0 Å². The first-order valence-electron chi connectivity index (χ1n) is 10.1. The van der Waals surface area contributed by atoms with Crippen LogP contribution >= 0.6 is 0 Å². The molecule has 1 aromatic heterocycles. The van der Waals surface area contributed by atoms with Crippen LogP contribution in [0, 0.1) is 5.92 Å². The van der Waals surface area contributed by atoms with E-state index in [1.165, 1.54) is 34.1 Å². The van der Waals surface area contributed by atoms with Crippen LogP contribution in [-0.2, 0) is 16.6 Å². The number of rotatable bonds is 7. The van der Waals surface area contributed by atoms with Crippen molar-refractivity contribution in [1.82, 2.24) is 9.88 Å². The summed E-state index contributed by atoms with van der Waals surface area (Å²) in [5, 5.41) is 4.42. The second-order valence-corrected chi connectivity index (χ2v) is 7.73. The summed E-state index contributed by atoms with van der Waals surface area (Å²) in [5.74, 6) is 0.480. The molecule has 1 N–H and O–H groups in total. The van der Waals surface area contributed by atoms with Gasteiger partial charge in [-0.2, -0.15) is 0 Å². The summed E-state index contributed by atoms with van der Waals surface area (Å²) in [5.41, 5.74) is 4.83. The van der Waals surface area contributed by atoms with Gasteiger partial charge in [0.25, 0.3) is 0 Å².